The third kappa shape index (κ3) is 4.06. The van der Waals surface area contributed by atoms with Gasteiger partial charge in [-0.3, -0.25) is 10.1 Å². The van der Waals surface area contributed by atoms with Gasteiger partial charge < -0.3 is 9.84 Å². The van der Waals surface area contributed by atoms with Gasteiger partial charge in [0.05, 0.1) is 11.0 Å². The Bertz CT molecular complexity index is 701. The molecule has 2 rings (SSSR count). The van der Waals surface area contributed by atoms with E-state index in [4.69, 9.17) is 9.84 Å². The van der Waals surface area contributed by atoms with E-state index >= 15 is 0 Å². The number of nitrogens with zero attached hydrogens (tertiary/aromatic N) is 1. The molecule has 0 atom stereocenters. The van der Waals surface area contributed by atoms with Crippen molar-refractivity contribution in [2.45, 2.75) is 6.61 Å². The number of aliphatic hydroxyl groups excluding tert-OH is 1. The number of ether oxygens (including phenoxy) is 1. The molecule has 0 unspecified atom stereocenters. The molecule has 0 amide bonds. The van der Waals surface area contributed by atoms with Crippen molar-refractivity contribution in [1.29, 1.82) is 0 Å². The SMILES string of the molecule is O=[N+]([O-])c1cccc(OCc2ccccc2C#CCO)c1. The standard InChI is InChI=1S/C16H13NO4/c18-10-4-7-13-5-1-2-6-14(13)12-21-16-9-3-8-15(11-16)17(19)20/h1-3,5-6,8-9,11,18H,10,12H2. The molecule has 5 heteroatoms. The summed E-state index contributed by atoms with van der Waals surface area (Å²) in [6.45, 7) is 0.0392. The zero-order valence-corrected chi connectivity index (χ0v) is 11.2. The quantitative estimate of drug-likeness (QED) is 0.531. The highest BCUT2D eigenvalue weighted by Crippen LogP contribution is 2.20. The third-order valence-corrected chi connectivity index (χ3v) is 2.74. The van der Waals surface area contributed by atoms with E-state index < -0.39 is 4.92 Å². The molecule has 0 aliphatic heterocycles. The second kappa shape index (κ2) is 7.08. The Morgan fingerprint density at radius 3 is 2.76 bits per heavy atom. The normalized spacial score (nSPS) is 9.57. The van der Waals surface area contributed by atoms with Gasteiger partial charge >= 0.3 is 0 Å². The van der Waals surface area contributed by atoms with E-state index in [1.54, 1.807) is 12.1 Å². The molecule has 2 aromatic carbocycles. The van der Waals surface area contributed by atoms with Crippen LogP contribution in [0.4, 0.5) is 5.69 Å². The molecular weight excluding hydrogens is 270 g/mol. The highest BCUT2D eigenvalue weighted by molar-refractivity contribution is 5.42. The van der Waals surface area contributed by atoms with Crippen molar-refractivity contribution in [2.24, 2.45) is 0 Å². The number of benzene rings is 2. The number of nitro groups is 1. The van der Waals surface area contributed by atoms with Crippen LogP contribution < -0.4 is 4.74 Å². The van der Waals surface area contributed by atoms with E-state index in [2.05, 4.69) is 11.8 Å². The minimum absolute atomic E-state index is 0.0131. The number of non-ortho nitro benzene ring substituents is 1. The largest absolute Gasteiger partial charge is 0.489 e. The summed E-state index contributed by atoms with van der Waals surface area (Å²) in [6.07, 6.45) is 0. The van der Waals surface area contributed by atoms with Gasteiger partial charge in [0, 0.05) is 17.2 Å². The van der Waals surface area contributed by atoms with Crippen LogP contribution in [0.3, 0.4) is 0 Å². The molecule has 0 radical (unpaired) electrons. The first kappa shape index (κ1) is 14.6. The molecular formula is C16H13NO4. The Kier molecular flexibility index (Phi) is 4.91. The monoisotopic (exact) mass is 283 g/mol. The predicted octanol–water partition coefficient (Wildman–Crippen LogP) is 2.52. The fourth-order valence-electron chi connectivity index (χ4n) is 1.75. The summed E-state index contributed by atoms with van der Waals surface area (Å²) >= 11 is 0. The van der Waals surface area contributed by atoms with Crippen LogP contribution in [-0.4, -0.2) is 16.6 Å². The summed E-state index contributed by atoms with van der Waals surface area (Å²) in [4.78, 5) is 10.2. The Morgan fingerprint density at radius 1 is 1.19 bits per heavy atom. The summed E-state index contributed by atoms with van der Waals surface area (Å²) in [7, 11) is 0. The lowest BCUT2D eigenvalue weighted by Gasteiger charge is -2.07. The van der Waals surface area contributed by atoms with Crippen molar-refractivity contribution >= 4 is 5.69 Å². The fraction of sp³-hybridized carbons (Fsp3) is 0.125. The summed E-state index contributed by atoms with van der Waals surface area (Å²) in [5.74, 6) is 5.85. The predicted molar refractivity (Wildman–Crippen MR) is 77.8 cm³/mol. The molecule has 1 N–H and O–H groups in total. The second-order valence-electron chi connectivity index (χ2n) is 4.16. The highest BCUT2D eigenvalue weighted by atomic mass is 16.6. The molecule has 0 saturated heterocycles. The maximum Gasteiger partial charge on any atom is 0.273 e. The first-order chi connectivity index (χ1) is 10.2. The first-order valence-corrected chi connectivity index (χ1v) is 6.25. The number of rotatable bonds is 4. The minimum Gasteiger partial charge on any atom is -0.489 e. The average molecular weight is 283 g/mol. The first-order valence-electron chi connectivity index (χ1n) is 6.25. The summed E-state index contributed by atoms with van der Waals surface area (Å²) in [6, 6.07) is 13.4. The van der Waals surface area contributed by atoms with Crippen LogP contribution in [0.2, 0.25) is 0 Å². The van der Waals surface area contributed by atoms with Gasteiger partial charge in [0.15, 0.2) is 0 Å². The van der Waals surface area contributed by atoms with Crippen LogP contribution in [0.5, 0.6) is 5.75 Å². The summed E-state index contributed by atoms with van der Waals surface area (Å²) < 4.78 is 5.57. The Hall–Kier alpha value is -2.84. The van der Waals surface area contributed by atoms with Crippen LogP contribution in [-0.2, 0) is 6.61 Å². The van der Waals surface area contributed by atoms with Gasteiger partial charge in [0.2, 0.25) is 0 Å². The molecule has 21 heavy (non-hydrogen) atoms. The third-order valence-electron chi connectivity index (χ3n) is 2.74. The molecule has 0 saturated carbocycles. The van der Waals surface area contributed by atoms with Gasteiger partial charge in [0.1, 0.15) is 19.0 Å². The lowest BCUT2D eigenvalue weighted by molar-refractivity contribution is -0.384. The van der Waals surface area contributed by atoms with E-state index in [0.29, 0.717) is 5.75 Å². The van der Waals surface area contributed by atoms with E-state index in [0.717, 1.165) is 11.1 Å². The fourth-order valence-corrected chi connectivity index (χ4v) is 1.75. The topological polar surface area (TPSA) is 72.6 Å². The van der Waals surface area contributed by atoms with Gasteiger partial charge in [0.25, 0.3) is 5.69 Å². The van der Waals surface area contributed by atoms with Crippen molar-refractivity contribution < 1.29 is 14.8 Å². The Morgan fingerprint density at radius 2 is 2.00 bits per heavy atom. The maximum absolute atomic E-state index is 10.7. The van der Waals surface area contributed by atoms with Gasteiger partial charge in [-0.05, 0) is 12.1 Å². The van der Waals surface area contributed by atoms with Crippen molar-refractivity contribution in [3.63, 3.8) is 0 Å². The zero-order valence-electron chi connectivity index (χ0n) is 11.2. The Labute approximate surface area is 122 Å². The summed E-state index contributed by atoms with van der Waals surface area (Å²) in [5, 5.41) is 19.4. The van der Waals surface area contributed by atoms with Crippen molar-refractivity contribution in [3.8, 4) is 17.6 Å². The lowest BCUT2D eigenvalue weighted by Crippen LogP contribution is -1.99. The van der Waals surface area contributed by atoms with Crippen LogP contribution in [0.1, 0.15) is 11.1 Å². The van der Waals surface area contributed by atoms with E-state index in [1.807, 2.05) is 24.3 Å². The van der Waals surface area contributed by atoms with Gasteiger partial charge in [-0.25, -0.2) is 0 Å². The summed E-state index contributed by atoms with van der Waals surface area (Å²) in [5.41, 5.74) is 1.60. The minimum atomic E-state index is -0.465. The molecule has 0 heterocycles. The molecule has 0 fully saturated rings. The average Bonchev–Trinajstić information content (AvgIpc) is 2.52. The molecule has 2 aromatic rings. The van der Waals surface area contributed by atoms with Gasteiger partial charge in [-0.2, -0.15) is 0 Å². The van der Waals surface area contributed by atoms with Crippen LogP contribution in [0.15, 0.2) is 48.5 Å². The van der Waals surface area contributed by atoms with Gasteiger partial charge in [-0.15, -0.1) is 0 Å². The smallest absolute Gasteiger partial charge is 0.273 e. The lowest BCUT2D eigenvalue weighted by atomic mass is 10.1. The molecule has 0 aliphatic rings. The molecule has 0 spiro atoms. The number of hydrogen-bond acceptors (Lipinski definition) is 4. The highest BCUT2D eigenvalue weighted by Gasteiger charge is 2.07. The van der Waals surface area contributed by atoms with Crippen molar-refractivity contribution in [1.82, 2.24) is 0 Å². The zero-order chi connectivity index (χ0) is 15.1. The molecule has 106 valence electrons. The van der Waals surface area contributed by atoms with E-state index in [-0.39, 0.29) is 18.9 Å². The number of aliphatic hydroxyl groups is 1. The second-order valence-corrected chi connectivity index (χ2v) is 4.16. The molecule has 5 nitrogen and oxygen atoms in total. The van der Waals surface area contributed by atoms with Gasteiger partial charge in [-0.1, -0.05) is 36.1 Å². The van der Waals surface area contributed by atoms with Crippen LogP contribution in [0, 0.1) is 22.0 Å². The number of nitro benzene ring substituents is 1. The van der Waals surface area contributed by atoms with Crippen molar-refractivity contribution in [3.05, 3.63) is 69.8 Å². The number of hydrogen-bond donors (Lipinski definition) is 1. The van der Waals surface area contributed by atoms with Crippen molar-refractivity contribution in [2.75, 3.05) is 6.61 Å². The van der Waals surface area contributed by atoms with Crippen LogP contribution >= 0.6 is 0 Å². The molecule has 0 aliphatic carbocycles. The van der Waals surface area contributed by atoms with E-state index in [1.165, 1.54) is 12.1 Å². The van der Waals surface area contributed by atoms with E-state index in [9.17, 15) is 10.1 Å². The van der Waals surface area contributed by atoms with Crippen LogP contribution in [0.25, 0.3) is 0 Å². The molecule has 0 aromatic heterocycles. The maximum atomic E-state index is 10.7. The molecule has 0 bridgehead atoms. The Balaban J connectivity index is 2.13.